The highest BCUT2D eigenvalue weighted by molar-refractivity contribution is 5.61. The fourth-order valence-electron chi connectivity index (χ4n) is 1.62. The molecule has 0 saturated carbocycles. The molecule has 0 amide bonds. The van der Waals surface area contributed by atoms with Crippen molar-refractivity contribution in [2.75, 3.05) is 0 Å². The summed E-state index contributed by atoms with van der Waals surface area (Å²) in [6.07, 6.45) is -9.66. The molecule has 0 aliphatic heterocycles. The van der Waals surface area contributed by atoms with Crippen molar-refractivity contribution in [1.29, 1.82) is 0 Å². The first-order valence-corrected chi connectivity index (χ1v) is 5.66. The summed E-state index contributed by atoms with van der Waals surface area (Å²) in [5.41, 5.74) is -2.04. The lowest BCUT2D eigenvalue weighted by molar-refractivity contribution is -0.274. The van der Waals surface area contributed by atoms with Crippen molar-refractivity contribution < 1.29 is 35.5 Å². The zero-order chi connectivity index (χ0) is 16.5. The summed E-state index contributed by atoms with van der Waals surface area (Å²) in [5.74, 6) is -1.61. The van der Waals surface area contributed by atoms with Crippen molar-refractivity contribution >= 4 is 0 Å². The fourth-order valence-corrected chi connectivity index (χ4v) is 1.62. The van der Waals surface area contributed by atoms with Gasteiger partial charge >= 0.3 is 12.5 Å². The molecule has 0 aliphatic carbocycles. The molecule has 0 unspecified atom stereocenters. The van der Waals surface area contributed by atoms with E-state index in [1.807, 2.05) is 0 Å². The predicted octanol–water partition coefficient (Wildman–Crippen LogP) is 4.81. The van der Waals surface area contributed by atoms with E-state index in [9.17, 15) is 30.7 Å². The van der Waals surface area contributed by atoms with Crippen molar-refractivity contribution in [1.82, 2.24) is 4.98 Å². The highest BCUT2D eigenvalue weighted by Crippen LogP contribution is 2.31. The topological polar surface area (TPSA) is 22.1 Å². The molecule has 0 bridgehead atoms. The smallest absolute Gasteiger partial charge is 0.406 e. The number of halogens is 7. The van der Waals surface area contributed by atoms with Crippen LogP contribution in [-0.4, -0.2) is 11.3 Å². The maximum absolute atomic E-state index is 13.6. The van der Waals surface area contributed by atoms with Crippen molar-refractivity contribution in [2.24, 2.45) is 0 Å². The standard InChI is InChI=1S/C13H6F7NO/c14-9-5-6-10(12(15,16)17)21-11(9)7-1-3-8(4-2-7)22-13(18,19)20/h1-6H. The van der Waals surface area contributed by atoms with Crippen LogP contribution >= 0.6 is 0 Å². The van der Waals surface area contributed by atoms with E-state index in [1.165, 1.54) is 0 Å². The highest BCUT2D eigenvalue weighted by Gasteiger charge is 2.33. The fraction of sp³-hybridized carbons (Fsp3) is 0.154. The third kappa shape index (κ3) is 3.86. The summed E-state index contributed by atoms with van der Waals surface area (Å²) in [6, 6.07) is 4.72. The van der Waals surface area contributed by atoms with E-state index in [4.69, 9.17) is 0 Å². The van der Waals surface area contributed by atoms with Gasteiger partial charge in [0, 0.05) is 5.56 Å². The van der Waals surface area contributed by atoms with Gasteiger partial charge in [0.1, 0.15) is 23.0 Å². The highest BCUT2D eigenvalue weighted by atomic mass is 19.4. The first kappa shape index (κ1) is 16.1. The zero-order valence-corrected chi connectivity index (χ0v) is 10.5. The summed E-state index contributed by atoms with van der Waals surface area (Å²) in [7, 11) is 0. The molecule has 1 aromatic carbocycles. The van der Waals surface area contributed by atoms with E-state index >= 15 is 0 Å². The van der Waals surface area contributed by atoms with Crippen LogP contribution in [0.5, 0.6) is 5.75 Å². The maximum atomic E-state index is 13.6. The lowest BCUT2D eigenvalue weighted by Crippen LogP contribution is -2.17. The second kappa shape index (κ2) is 5.47. The molecular formula is C13H6F7NO. The van der Waals surface area contributed by atoms with E-state index < -0.39 is 35.5 Å². The van der Waals surface area contributed by atoms with Gasteiger partial charge in [-0.15, -0.1) is 13.2 Å². The molecule has 0 radical (unpaired) electrons. The third-order valence-corrected chi connectivity index (χ3v) is 2.50. The summed E-state index contributed by atoms with van der Waals surface area (Å²) < 4.78 is 90.8. The predicted molar refractivity (Wildman–Crippen MR) is 61.3 cm³/mol. The Hall–Kier alpha value is -2.32. The molecule has 2 rings (SSSR count). The minimum Gasteiger partial charge on any atom is -0.406 e. The minimum atomic E-state index is -4.90. The summed E-state index contributed by atoms with van der Waals surface area (Å²) in [5, 5.41) is 0. The molecule has 0 N–H and O–H groups in total. The van der Waals surface area contributed by atoms with E-state index in [0.29, 0.717) is 12.1 Å². The number of pyridine rings is 1. The van der Waals surface area contributed by atoms with Crippen LogP contribution in [0.25, 0.3) is 11.3 Å². The van der Waals surface area contributed by atoms with Gasteiger partial charge in [-0.25, -0.2) is 9.37 Å². The summed E-state index contributed by atoms with van der Waals surface area (Å²) in [4.78, 5) is 3.16. The van der Waals surface area contributed by atoms with Gasteiger partial charge in [0.2, 0.25) is 0 Å². The average Bonchev–Trinajstić information content (AvgIpc) is 2.37. The van der Waals surface area contributed by atoms with Crippen molar-refractivity contribution in [3.8, 4) is 17.0 Å². The molecule has 0 atom stereocenters. The molecule has 2 aromatic rings. The Morgan fingerprint density at radius 3 is 1.91 bits per heavy atom. The molecule has 1 heterocycles. The van der Waals surface area contributed by atoms with E-state index in [1.54, 1.807) is 0 Å². The van der Waals surface area contributed by atoms with Crippen LogP contribution in [0.15, 0.2) is 36.4 Å². The molecule has 0 fully saturated rings. The number of hydrogen-bond acceptors (Lipinski definition) is 2. The van der Waals surface area contributed by atoms with E-state index in [2.05, 4.69) is 9.72 Å². The Balaban J connectivity index is 2.36. The molecule has 0 saturated heterocycles. The number of nitrogens with zero attached hydrogens (tertiary/aromatic N) is 1. The van der Waals surface area contributed by atoms with Gasteiger partial charge in [0.15, 0.2) is 0 Å². The third-order valence-electron chi connectivity index (χ3n) is 2.50. The quantitative estimate of drug-likeness (QED) is 0.740. The van der Waals surface area contributed by atoms with Crippen molar-refractivity contribution in [3.63, 3.8) is 0 Å². The lowest BCUT2D eigenvalue weighted by atomic mass is 10.1. The zero-order valence-electron chi connectivity index (χ0n) is 10.5. The number of alkyl halides is 6. The normalized spacial score (nSPS) is 12.3. The van der Waals surface area contributed by atoms with Gasteiger partial charge in [-0.1, -0.05) is 0 Å². The summed E-state index contributed by atoms with van der Waals surface area (Å²) >= 11 is 0. The Kier molecular flexibility index (Phi) is 3.99. The minimum absolute atomic E-state index is 0.113. The second-order valence-electron chi connectivity index (χ2n) is 4.10. The van der Waals surface area contributed by atoms with Gasteiger partial charge in [-0.05, 0) is 36.4 Å². The number of hydrogen-bond donors (Lipinski definition) is 0. The molecule has 0 aliphatic rings. The molecule has 22 heavy (non-hydrogen) atoms. The lowest BCUT2D eigenvalue weighted by Gasteiger charge is -2.11. The second-order valence-corrected chi connectivity index (χ2v) is 4.10. The number of aromatic nitrogens is 1. The SMILES string of the molecule is Fc1ccc(C(F)(F)F)nc1-c1ccc(OC(F)(F)F)cc1. The molecule has 1 aromatic heterocycles. The Bertz CT molecular complexity index is 662. The van der Waals surface area contributed by atoms with Gasteiger partial charge in [-0.2, -0.15) is 13.2 Å². The Morgan fingerprint density at radius 1 is 0.818 bits per heavy atom. The van der Waals surface area contributed by atoms with E-state index in [-0.39, 0.29) is 5.56 Å². The Morgan fingerprint density at radius 2 is 1.41 bits per heavy atom. The van der Waals surface area contributed by atoms with Crippen molar-refractivity contribution in [3.05, 3.63) is 47.9 Å². The Labute approximate surface area is 119 Å². The van der Waals surface area contributed by atoms with Gasteiger partial charge < -0.3 is 4.74 Å². The largest absolute Gasteiger partial charge is 0.573 e. The summed E-state index contributed by atoms with van der Waals surface area (Å²) in [6.45, 7) is 0. The van der Waals surface area contributed by atoms with Crippen LogP contribution in [-0.2, 0) is 6.18 Å². The maximum Gasteiger partial charge on any atom is 0.573 e. The number of rotatable bonds is 2. The molecule has 0 spiro atoms. The average molecular weight is 325 g/mol. The first-order valence-electron chi connectivity index (χ1n) is 5.66. The van der Waals surface area contributed by atoms with Crippen LogP contribution in [0.1, 0.15) is 5.69 Å². The van der Waals surface area contributed by atoms with E-state index in [0.717, 1.165) is 24.3 Å². The van der Waals surface area contributed by atoms with Crippen LogP contribution in [0.2, 0.25) is 0 Å². The van der Waals surface area contributed by atoms with Gasteiger partial charge in [0.05, 0.1) is 0 Å². The molecule has 2 nitrogen and oxygen atoms in total. The molecular weight excluding hydrogens is 319 g/mol. The molecule has 118 valence electrons. The van der Waals surface area contributed by atoms with Crippen LogP contribution in [0.4, 0.5) is 30.7 Å². The number of benzene rings is 1. The van der Waals surface area contributed by atoms with Gasteiger partial charge in [0.25, 0.3) is 0 Å². The monoisotopic (exact) mass is 325 g/mol. The van der Waals surface area contributed by atoms with Crippen LogP contribution in [0, 0.1) is 5.82 Å². The van der Waals surface area contributed by atoms with Crippen molar-refractivity contribution in [2.45, 2.75) is 12.5 Å². The molecule has 9 heteroatoms. The van der Waals surface area contributed by atoms with Crippen LogP contribution < -0.4 is 4.74 Å². The number of ether oxygens (including phenoxy) is 1. The van der Waals surface area contributed by atoms with Crippen LogP contribution in [0.3, 0.4) is 0 Å². The first-order chi connectivity index (χ1) is 10.1. The van der Waals surface area contributed by atoms with Gasteiger partial charge in [-0.3, -0.25) is 0 Å².